The molecule has 0 saturated carbocycles. The number of hydrogen-bond donors (Lipinski definition) is 0. The molecule has 0 spiro atoms. The van der Waals surface area contributed by atoms with Crippen LogP contribution in [0.25, 0.3) is 11.3 Å². The summed E-state index contributed by atoms with van der Waals surface area (Å²) < 4.78 is 39.8. The molecule has 1 aliphatic rings. The van der Waals surface area contributed by atoms with Gasteiger partial charge in [-0.25, -0.2) is 4.98 Å². The molecule has 2 aromatic heterocycles. The van der Waals surface area contributed by atoms with Gasteiger partial charge in [0.25, 0.3) is 0 Å². The molecular weight excluding hydrogens is 361 g/mol. The van der Waals surface area contributed by atoms with Gasteiger partial charge in [-0.3, -0.25) is 4.68 Å². The van der Waals surface area contributed by atoms with E-state index in [1.165, 1.54) is 10.9 Å². The molecule has 1 fully saturated rings. The molecule has 1 unspecified atom stereocenters. The van der Waals surface area contributed by atoms with E-state index in [1.807, 2.05) is 35.7 Å². The molecule has 0 N–H and O–H groups in total. The minimum absolute atomic E-state index is 0.0797. The first-order valence-electron chi connectivity index (χ1n) is 8.39. The monoisotopic (exact) mass is 378 g/mol. The lowest BCUT2D eigenvalue weighted by molar-refractivity contribution is -0.141. The van der Waals surface area contributed by atoms with Crippen LogP contribution in [0.1, 0.15) is 24.6 Å². The minimum Gasteiger partial charge on any atom is -0.346 e. The van der Waals surface area contributed by atoms with Gasteiger partial charge in [0.05, 0.1) is 11.7 Å². The van der Waals surface area contributed by atoms with Crippen LogP contribution in [0.2, 0.25) is 0 Å². The molecular formula is C18H17F3N4S. The molecule has 26 heavy (non-hydrogen) atoms. The van der Waals surface area contributed by atoms with Crippen LogP contribution in [0.3, 0.4) is 0 Å². The third-order valence-electron chi connectivity index (χ3n) is 4.50. The summed E-state index contributed by atoms with van der Waals surface area (Å²) in [6.07, 6.45) is -1.27. The van der Waals surface area contributed by atoms with Crippen LogP contribution >= 0.6 is 11.3 Å². The van der Waals surface area contributed by atoms with Gasteiger partial charge in [-0.15, -0.1) is 11.3 Å². The van der Waals surface area contributed by atoms with Gasteiger partial charge in [0.1, 0.15) is 0 Å². The van der Waals surface area contributed by atoms with Crippen LogP contribution in [0.5, 0.6) is 0 Å². The SMILES string of the molecule is FC(F)(F)c1ccn(C2CCCN(c3nc(-c4ccccc4)cs3)C2)n1. The Morgan fingerprint density at radius 1 is 1.12 bits per heavy atom. The number of halogens is 3. The van der Waals surface area contributed by atoms with Crippen LogP contribution in [0, 0.1) is 0 Å². The molecule has 1 saturated heterocycles. The molecule has 1 aliphatic heterocycles. The minimum atomic E-state index is -4.40. The lowest BCUT2D eigenvalue weighted by Crippen LogP contribution is -2.36. The van der Waals surface area contributed by atoms with Crippen molar-refractivity contribution in [2.75, 3.05) is 18.0 Å². The molecule has 3 heterocycles. The second-order valence-corrected chi connectivity index (χ2v) is 7.14. The van der Waals surface area contributed by atoms with Gasteiger partial charge < -0.3 is 4.90 Å². The van der Waals surface area contributed by atoms with E-state index in [0.717, 1.165) is 41.8 Å². The highest BCUT2D eigenvalue weighted by Gasteiger charge is 2.34. The number of piperidine rings is 1. The van der Waals surface area contributed by atoms with E-state index >= 15 is 0 Å². The van der Waals surface area contributed by atoms with Crippen LogP contribution < -0.4 is 4.90 Å². The van der Waals surface area contributed by atoms with Crippen molar-refractivity contribution in [1.29, 1.82) is 0 Å². The molecule has 4 rings (SSSR count). The fraction of sp³-hybridized carbons (Fsp3) is 0.333. The summed E-state index contributed by atoms with van der Waals surface area (Å²) in [4.78, 5) is 6.85. The van der Waals surface area contributed by atoms with Crippen molar-refractivity contribution in [2.24, 2.45) is 0 Å². The zero-order valence-electron chi connectivity index (χ0n) is 13.9. The lowest BCUT2D eigenvalue weighted by Gasteiger charge is -2.32. The number of benzene rings is 1. The topological polar surface area (TPSA) is 34.0 Å². The quantitative estimate of drug-likeness (QED) is 0.652. The Balaban J connectivity index is 1.51. The molecule has 1 aromatic carbocycles. The van der Waals surface area contributed by atoms with E-state index in [4.69, 9.17) is 4.98 Å². The summed E-state index contributed by atoms with van der Waals surface area (Å²) in [5.41, 5.74) is 1.15. The Kier molecular flexibility index (Phi) is 4.44. The van der Waals surface area contributed by atoms with Crippen LogP contribution in [-0.4, -0.2) is 27.9 Å². The first kappa shape index (κ1) is 17.1. The molecule has 0 aliphatic carbocycles. The summed E-state index contributed by atoms with van der Waals surface area (Å²) in [6.45, 7) is 1.46. The second kappa shape index (κ2) is 6.75. The zero-order valence-corrected chi connectivity index (χ0v) is 14.7. The molecule has 0 bridgehead atoms. The molecule has 0 radical (unpaired) electrons. The Labute approximate surface area is 152 Å². The highest BCUT2D eigenvalue weighted by atomic mass is 32.1. The van der Waals surface area contributed by atoms with Crippen molar-refractivity contribution in [1.82, 2.24) is 14.8 Å². The summed E-state index contributed by atoms with van der Waals surface area (Å²) >= 11 is 1.56. The molecule has 1 atom stereocenters. The van der Waals surface area contributed by atoms with E-state index in [-0.39, 0.29) is 6.04 Å². The Bertz CT molecular complexity index is 872. The van der Waals surface area contributed by atoms with Gasteiger partial charge in [0.2, 0.25) is 0 Å². The Morgan fingerprint density at radius 3 is 2.65 bits per heavy atom. The predicted molar refractivity (Wildman–Crippen MR) is 95.3 cm³/mol. The fourth-order valence-electron chi connectivity index (χ4n) is 3.19. The highest BCUT2D eigenvalue weighted by molar-refractivity contribution is 7.14. The van der Waals surface area contributed by atoms with Gasteiger partial charge in [-0.1, -0.05) is 30.3 Å². The summed E-state index contributed by atoms with van der Waals surface area (Å²) in [6, 6.07) is 10.9. The summed E-state index contributed by atoms with van der Waals surface area (Å²) in [5, 5.41) is 6.65. The van der Waals surface area contributed by atoms with E-state index < -0.39 is 11.9 Å². The maximum absolute atomic E-state index is 12.8. The summed E-state index contributed by atoms with van der Waals surface area (Å²) in [7, 11) is 0. The lowest BCUT2D eigenvalue weighted by atomic mass is 10.1. The number of nitrogens with zero attached hydrogens (tertiary/aromatic N) is 4. The number of rotatable bonds is 3. The first-order chi connectivity index (χ1) is 12.5. The summed E-state index contributed by atoms with van der Waals surface area (Å²) in [5.74, 6) is 0. The van der Waals surface area contributed by atoms with Crippen molar-refractivity contribution in [3.63, 3.8) is 0 Å². The fourth-order valence-corrected chi connectivity index (χ4v) is 4.06. The normalized spacial score (nSPS) is 18.3. The van der Waals surface area contributed by atoms with Gasteiger partial charge in [0.15, 0.2) is 10.8 Å². The average Bonchev–Trinajstić information content (AvgIpc) is 3.32. The highest BCUT2D eigenvalue weighted by Crippen LogP contribution is 2.33. The van der Waals surface area contributed by atoms with Crippen LogP contribution in [0.15, 0.2) is 48.0 Å². The molecule has 3 aromatic rings. The third-order valence-corrected chi connectivity index (χ3v) is 5.40. The van der Waals surface area contributed by atoms with Gasteiger partial charge >= 0.3 is 6.18 Å². The van der Waals surface area contributed by atoms with Crippen molar-refractivity contribution >= 4 is 16.5 Å². The standard InChI is InChI=1S/C18H17F3N4S/c19-18(20,21)16-8-10-25(23-16)14-7-4-9-24(11-14)17-22-15(12-26-17)13-5-2-1-3-6-13/h1-3,5-6,8,10,12,14H,4,7,9,11H2. The van der Waals surface area contributed by atoms with E-state index in [0.29, 0.717) is 6.54 Å². The molecule has 136 valence electrons. The van der Waals surface area contributed by atoms with E-state index in [1.54, 1.807) is 11.3 Å². The molecule has 8 heteroatoms. The molecule has 0 amide bonds. The predicted octanol–water partition coefficient (Wildman–Crippen LogP) is 4.87. The van der Waals surface area contributed by atoms with E-state index in [9.17, 15) is 13.2 Å². The zero-order chi connectivity index (χ0) is 18.1. The second-order valence-electron chi connectivity index (χ2n) is 6.30. The van der Waals surface area contributed by atoms with Gasteiger partial charge in [-0.2, -0.15) is 18.3 Å². The Hall–Kier alpha value is -2.35. The molecule has 4 nitrogen and oxygen atoms in total. The number of alkyl halides is 3. The average molecular weight is 378 g/mol. The smallest absolute Gasteiger partial charge is 0.346 e. The van der Waals surface area contributed by atoms with Gasteiger partial charge in [0, 0.05) is 30.2 Å². The maximum atomic E-state index is 12.8. The van der Waals surface area contributed by atoms with Crippen molar-refractivity contribution in [2.45, 2.75) is 25.1 Å². The van der Waals surface area contributed by atoms with Crippen LogP contribution in [-0.2, 0) is 6.18 Å². The maximum Gasteiger partial charge on any atom is 0.435 e. The third kappa shape index (κ3) is 3.46. The number of hydrogen-bond acceptors (Lipinski definition) is 4. The largest absolute Gasteiger partial charge is 0.435 e. The number of anilines is 1. The van der Waals surface area contributed by atoms with Gasteiger partial charge in [-0.05, 0) is 18.9 Å². The first-order valence-corrected chi connectivity index (χ1v) is 9.27. The van der Waals surface area contributed by atoms with Crippen LogP contribution in [0.4, 0.5) is 18.3 Å². The van der Waals surface area contributed by atoms with Crippen molar-refractivity contribution in [3.05, 3.63) is 53.7 Å². The van der Waals surface area contributed by atoms with Crippen molar-refractivity contribution < 1.29 is 13.2 Å². The Morgan fingerprint density at radius 2 is 1.92 bits per heavy atom. The number of thiazole rings is 1. The van der Waals surface area contributed by atoms with E-state index in [2.05, 4.69) is 10.00 Å². The van der Waals surface area contributed by atoms with Crippen molar-refractivity contribution in [3.8, 4) is 11.3 Å². The number of aromatic nitrogens is 3.